The Kier molecular flexibility index (Phi) is 17.0. The minimum atomic E-state index is -0.463. The number of amides is 1. The van der Waals surface area contributed by atoms with Gasteiger partial charge in [0, 0.05) is 6.54 Å². The molecule has 0 aromatic carbocycles. The van der Waals surface area contributed by atoms with Crippen molar-refractivity contribution in [2.45, 2.75) is 110 Å². The number of hydrogen-bond acceptors (Lipinski definition) is 3. The zero-order valence-corrected chi connectivity index (χ0v) is 15.6. The van der Waals surface area contributed by atoms with Gasteiger partial charge in [0.05, 0.1) is 0 Å². The fraction of sp³-hybridized carbons (Fsp3) is 0.947. The maximum atomic E-state index is 11.6. The summed E-state index contributed by atoms with van der Waals surface area (Å²) in [6, 6.07) is 0. The summed E-state index contributed by atoms with van der Waals surface area (Å²) in [7, 11) is 0. The van der Waals surface area contributed by atoms with Crippen LogP contribution in [0.4, 0.5) is 4.79 Å². The summed E-state index contributed by atoms with van der Waals surface area (Å²) in [6.45, 7) is 5.13. The average Bonchev–Trinajstić information content (AvgIpc) is 2.53. The Bertz CT molecular complexity index is 260. The first kappa shape index (κ1) is 22.2. The summed E-state index contributed by atoms with van der Waals surface area (Å²) in [6.07, 6.45) is 16.0. The number of carbonyl (C=O) groups is 1. The standard InChI is InChI=1S/C19H40N2O2/c1-3-5-7-9-10-11-13-15-17-21-19(22)23-18(20)16-14-12-8-6-4-2/h18H,3-17,20H2,1-2H3,(H,21,22). The second-order valence-corrected chi connectivity index (χ2v) is 6.55. The van der Waals surface area contributed by atoms with E-state index in [-0.39, 0.29) is 6.09 Å². The van der Waals surface area contributed by atoms with Crippen molar-refractivity contribution >= 4 is 6.09 Å². The van der Waals surface area contributed by atoms with Crippen molar-refractivity contribution in [2.75, 3.05) is 6.54 Å². The molecule has 0 rings (SSSR count). The predicted molar refractivity (Wildman–Crippen MR) is 98.4 cm³/mol. The molecule has 4 heteroatoms. The third-order valence-electron chi connectivity index (χ3n) is 4.15. The van der Waals surface area contributed by atoms with E-state index in [4.69, 9.17) is 10.5 Å². The molecule has 0 saturated heterocycles. The lowest BCUT2D eigenvalue weighted by Gasteiger charge is -2.13. The van der Waals surface area contributed by atoms with E-state index < -0.39 is 6.23 Å². The molecule has 138 valence electrons. The molecule has 1 atom stereocenters. The summed E-state index contributed by atoms with van der Waals surface area (Å²) in [4.78, 5) is 11.6. The van der Waals surface area contributed by atoms with Gasteiger partial charge in [0.15, 0.2) is 6.23 Å². The molecule has 0 heterocycles. The third kappa shape index (κ3) is 17.4. The van der Waals surface area contributed by atoms with Crippen LogP contribution < -0.4 is 11.1 Å². The van der Waals surface area contributed by atoms with Crippen molar-refractivity contribution < 1.29 is 9.53 Å². The van der Waals surface area contributed by atoms with Crippen LogP contribution >= 0.6 is 0 Å². The Labute approximate surface area is 143 Å². The van der Waals surface area contributed by atoms with Crippen LogP contribution in [0.2, 0.25) is 0 Å². The minimum absolute atomic E-state index is 0.367. The van der Waals surface area contributed by atoms with Gasteiger partial charge < -0.3 is 10.1 Å². The van der Waals surface area contributed by atoms with Gasteiger partial charge in [0.2, 0.25) is 0 Å². The van der Waals surface area contributed by atoms with E-state index in [0.717, 1.165) is 19.3 Å². The molecule has 0 aromatic heterocycles. The fourth-order valence-corrected chi connectivity index (χ4v) is 2.64. The summed E-state index contributed by atoms with van der Waals surface area (Å²) in [5, 5.41) is 2.79. The Morgan fingerprint density at radius 3 is 1.87 bits per heavy atom. The molecule has 0 fully saturated rings. The molecule has 0 aliphatic heterocycles. The largest absolute Gasteiger partial charge is 0.431 e. The molecule has 0 aromatic rings. The lowest BCUT2D eigenvalue weighted by Crippen LogP contribution is -2.34. The summed E-state index contributed by atoms with van der Waals surface area (Å²) in [5.74, 6) is 0. The quantitative estimate of drug-likeness (QED) is 0.290. The van der Waals surface area contributed by atoms with Crippen molar-refractivity contribution in [1.29, 1.82) is 0 Å². The van der Waals surface area contributed by atoms with E-state index in [0.29, 0.717) is 6.54 Å². The summed E-state index contributed by atoms with van der Waals surface area (Å²) < 4.78 is 5.16. The molecule has 1 amide bonds. The fourth-order valence-electron chi connectivity index (χ4n) is 2.64. The van der Waals surface area contributed by atoms with Gasteiger partial charge in [-0.25, -0.2) is 4.79 Å². The van der Waals surface area contributed by atoms with Gasteiger partial charge in [0.25, 0.3) is 0 Å². The lowest BCUT2D eigenvalue weighted by atomic mass is 10.1. The first-order chi connectivity index (χ1) is 11.2. The molecule has 4 nitrogen and oxygen atoms in total. The van der Waals surface area contributed by atoms with Gasteiger partial charge >= 0.3 is 6.09 Å². The monoisotopic (exact) mass is 328 g/mol. The molecule has 0 bridgehead atoms. The molecule has 0 radical (unpaired) electrons. The summed E-state index contributed by atoms with van der Waals surface area (Å²) in [5.41, 5.74) is 5.82. The number of hydrogen-bond donors (Lipinski definition) is 2. The second kappa shape index (κ2) is 17.6. The number of nitrogens with two attached hydrogens (primary N) is 1. The van der Waals surface area contributed by atoms with E-state index >= 15 is 0 Å². The van der Waals surface area contributed by atoms with Crippen LogP contribution in [-0.2, 0) is 4.74 Å². The zero-order chi connectivity index (χ0) is 17.2. The topological polar surface area (TPSA) is 64.3 Å². The smallest absolute Gasteiger partial charge is 0.408 e. The SMILES string of the molecule is CCCCCCCCCCNC(=O)OC(N)CCCCCCC. The van der Waals surface area contributed by atoms with Crippen molar-refractivity contribution in [3.8, 4) is 0 Å². The van der Waals surface area contributed by atoms with Crippen molar-refractivity contribution in [3.63, 3.8) is 0 Å². The highest BCUT2D eigenvalue weighted by Gasteiger charge is 2.08. The van der Waals surface area contributed by atoms with Gasteiger partial charge in [-0.05, 0) is 19.3 Å². The van der Waals surface area contributed by atoms with Crippen LogP contribution in [0.1, 0.15) is 104 Å². The highest BCUT2D eigenvalue weighted by Crippen LogP contribution is 2.08. The van der Waals surface area contributed by atoms with Crippen LogP contribution in [0.5, 0.6) is 0 Å². The van der Waals surface area contributed by atoms with Gasteiger partial charge in [-0.2, -0.15) is 0 Å². The van der Waals surface area contributed by atoms with Gasteiger partial charge in [-0.3, -0.25) is 5.73 Å². The molecule has 1 unspecified atom stereocenters. The molecule has 0 spiro atoms. The normalized spacial score (nSPS) is 12.1. The van der Waals surface area contributed by atoms with Crippen LogP contribution in [0.25, 0.3) is 0 Å². The Balaban J connectivity index is 3.32. The third-order valence-corrected chi connectivity index (χ3v) is 4.15. The highest BCUT2D eigenvalue weighted by molar-refractivity contribution is 5.67. The van der Waals surface area contributed by atoms with E-state index in [1.165, 1.54) is 70.6 Å². The molecule has 23 heavy (non-hydrogen) atoms. The average molecular weight is 329 g/mol. The minimum Gasteiger partial charge on any atom is -0.431 e. The van der Waals surface area contributed by atoms with E-state index in [1.54, 1.807) is 0 Å². The lowest BCUT2D eigenvalue weighted by molar-refractivity contribution is 0.0943. The van der Waals surface area contributed by atoms with Crippen molar-refractivity contribution in [3.05, 3.63) is 0 Å². The molecule has 0 aliphatic rings. The van der Waals surface area contributed by atoms with Gasteiger partial charge in [0.1, 0.15) is 0 Å². The predicted octanol–water partition coefficient (Wildman–Crippen LogP) is 5.50. The maximum Gasteiger partial charge on any atom is 0.408 e. The molecular formula is C19H40N2O2. The Morgan fingerprint density at radius 2 is 1.30 bits per heavy atom. The molecule has 0 aliphatic carbocycles. The number of rotatable bonds is 16. The van der Waals surface area contributed by atoms with E-state index in [2.05, 4.69) is 19.2 Å². The first-order valence-electron chi connectivity index (χ1n) is 9.90. The van der Waals surface area contributed by atoms with Crippen LogP contribution in [-0.4, -0.2) is 18.9 Å². The van der Waals surface area contributed by atoms with Gasteiger partial charge in [-0.1, -0.05) is 84.5 Å². The maximum absolute atomic E-state index is 11.6. The number of ether oxygens (including phenoxy) is 1. The number of carbonyl (C=O) groups excluding carboxylic acids is 1. The number of unbranched alkanes of at least 4 members (excludes halogenated alkanes) is 11. The first-order valence-corrected chi connectivity index (χ1v) is 9.90. The van der Waals surface area contributed by atoms with Crippen molar-refractivity contribution in [2.24, 2.45) is 5.73 Å². The van der Waals surface area contributed by atoms with Crippen molar-refractivity contribution in [1.82, 2.24) is 5.32 Å². The zero-order valence-electron chi connectivity index (χ0n) is 15.6. The molecular weight excluding hydrogens is 288 g/mol. The van der Waals surface area contributed by atoms with E-state index in [1.807, 2.05) is 0 Å². The second-order valence-electron chi connectivity index (χ2n) is 6.55. The number of alkyl carbamates (subject to hydrolysis) is 1. The van der Waals surface area contributed by atoms with Gasteiger partial charge in [-0.15, -0.1) is 0 Å². The van der Waals surface area contributed by atoms with E-state index in [9.17, 15) is 4.79 Å². The summed E-state index contributed by atoms with van der Waals surface area (Å²) >= 11 is 0. The number of nitrogens with one attached hydrogen (secondary N) is 1. The van der Waals surface area contributed by atoms with Crippen LogP contribution in [0.15, 0.2) is 0 Å². The Hall–Kier alpha value is -0.770. The highest BCUT2D eigenvalue weighted by atomic mass is 16.6. The van der Waals surface area contributed by atoms with Crippen LogP contribution in [0.3, 0.4) is 0 Å². The molecule has 0 saturated carbocycles. The van der Waals surface area contributed by atoms with Crippen LogP contribution in [0, 0.1) is 0 Å². The Morgan fingerprint density at radius 1 is 0.826 bits per heavy atom. The molecule has 3 N–H and O–H groups in total.